The maximum Gasteiger partial charge on any atom is 0.410 e. The zero-order valence-corrected chi connectivity index (χ0v) is 12.6. The van der Waals surface area contributed by atoms with Gasteiger partial charge in [0.05, 0.1) is 13.1 Å². The molecule has 0 radical (unpaired) electrons. The van der Waals surface area contributed by atoms with E-state index in [-0.39, 0.29) is 24.6 Å². The Morgan fingerprint density at radius 2 is 1.71 bits per heavy atom. The topological polar surface area (TPSA) is 48.0 Å². The Balaban J connectivity index is 1.58. The molecule has 1 aromatic carbocycles. The molecule has 0 spiro atoms. The summed E-state index contributed by atoms with van der Waals surface area (Å²) in [7, 11) is 0. The first-order valence-corrected chi connectivity index (χ1v) is 7.26. The van der Waals surface area contributed by atoms with Crippen LogP contribution in [0, 0.1) is 0 Å². The number of hydrogen-bond donors (Lipinski definition) is 0. The number of benzene rings is 1. The van der Waals surface area contributed by atoms with Crippen molar-refractivity contribution >= 4 is 6.09 Å². The Labute approximate surface area is 124 Å². The first-order chi connectivity index (χ1) is 9.92. The third kappa shape index (κ3) is 3.19. The lowest BCUT2D eigenvalue weighted by molar-refractivity contribution is -0.0830. The molecular formula is C16H21NO4. The SMILES string of the molecule is CC(C)(C)OC(=O)N1CC2OC(c3ccccc3)OC2C1. The van der Waals surface area contributed by atoms with E-state index in [4.69, 9.17) is 14.2 Å². The molecular weight excluding hydrogens is 270 g/mol. The highest BCUT2D eigenvalue weighted by Crippen LogP contribution is 2.35. The molecule has 1 aromatic rings. The summed E-state index contributed by atoms with van der Waals surface area (Å²) < 4.78 is 17.2. The third-order valence-corrected chi connectivity index (χ3v) is 3.54. The van der Waals surface area contributed by atoms with Gasteiger partial charge in [-0.15, -0.1) is 0 Å². The van der Waals surface area contributed by atoms with Crippen LogP contribution in [-0.2, 0) is 14.2 Å². The fourth-order valence-electron chi connectivity index (χ4n) is 2.60. The molecule has 0 aliphatic carbocycles. The van der Waals surface area contributed by atoms with Gasteiger partial charge in [0.25, 0.3) is 0 Å². The van der Waals surface area contributed by atoms with Gasteiger partial charge in [-0.2, -0.15) is 0 Å². The molecule has 2 unspecified atom stereocenters. The molecule has 1 amide bonds. The summed E-state index contributed by atoms with van der Waals surface area (Å²) in [4.78, 5) is 13.7. The quantitative estimate of drug-likeness (QED) is 0.798. The second kappa shape index (κ2) is 5.31. The number of carbonyl (C=O) groups is 1. The number of nitrogens with zero attached hydrogens (tertiary/aromatic N) is 1. The van der Waals surface area contributed by atoms with Gasteiger partial charge in [-0.3, -0.25) is 0 Å². The summed E-state index contributed by atoms with van der Waals surface area (Å²) in [5, 5.41) is 0. The van der Waals surface area contributed by atoms with Crippen LogP contribution >= 0.6 is 0 Å². The van der Waals surface area contributed by atoms with E-state index in [0.29, 0.717) is 13.1 Å². The van der Waals surface area contributed by atoms with Crippen LogP contribution in [0.5, 0.6) is 0 Å². The zero-order chi connectivity index (χ0) is 15.0. The van der Waals surface area contributed by atoms with E-state index in [0.717, 1.165) is 5.56 Å². The fourth-order valence-corrected chi connectivity index (χ4v) is 2.60. The first kappa shape index (κ1) is 14.4. The van der Waals surface area contributed by atoms with Gasteiger partial charge in [0.1, 0.15) is 17.8 Å². The van der Waals surface area contributed by atoms with Crippen molar-refractivity contribution in [1.29, 1.82) is 0 Å². The van der Waals surface area contributed by atoms with E-state index in [1.54, 1.807) is 4.90 Å². The van der Waals surface area contributed by atoms with E-state index in [1.807, 2.05) is 51.1 Å². The highest BCUT2D eigenvalue weighted by molar-refractivity contribution is 5.68. The number of likely N-dealkylation sites (tertiary alicyclic amines) is 1. The van der Waals surface area contributed by atoms with Crippen LogP contribution in [0.15, 0.2) is 30.3 Å². The first-order valence-electron chi connectivity index (χ1n) is 7.26. The average Bonchev–Trinajstić information content (AvgIpc) is 2.95. The maximum atomic E-state index is 12.0. The van der Waals surface area contributed by atoms with Crippen molar-refractivity contribution < 1.29 is 19.0 Å². The van der Waals surface area contributed by atoms with Crippen LogP contribution in [0.25, 0.3) is 0 Å². The minimum atomic E-state index is -0.483. The van der Waals surface area contributed by atoms with Gasteiger partial charge in [0.15, 0.2) is 6.29 Å². The van der Waals surface area contributed by atoms with E-state index >= 15 is 0 Å². The van der Waals surface area contributed by atoms with Gasteiger partial charge in [-0.1, -0.05) is 30.3 Å². The second-order valence-electron chi connectivity index (χ2n) is 6.48. The smallest absolute Gasteiger partial charge is 0.410 e. The zero-order valence-electron chi connectivity index (χ0n) is 12.6. The van der Waals surface area contributed by atoms with Crippen LogP contribution in [0.2, 0.25) is 0 Å². The van der Waals surface area contributed by atoms with Gasteiger partial charge < -0.3 is 19.1 Å². The molecule has 0 bridgehead atoms. The van der Waals surface area contributed by atoms with Crippen LogP contribution in [0.1, 0.15) is 32.6 Å². The minimum Gasteiger partial charge on any atom is -0.444 e. The second-order valence-corrected chi connectivity index (χ2v) is 6.48. The summed E-state index contributed by atoms with van der Waals surface area (Å²) in [6.07, 6.45) is -0.798. The predicted molar refractivity (Wildman–Crippen MR) is 76.7 cm³/mol. The van der Waals surface area contributed by atoms with Crippen molar-refractivity contribution in [3.05, 3.63) is 35.9 Å². The number of amides is 1. The fraction of sp³-hybridized carbons (Fsp3) is 0.562. The highest BCUT2D eigenvalue weighted by atomic mass is 16.7. The van der Waals surface area contributed by atoms with Gasteiger partial charge >= 0.3 is 6.09 Å². The lowest BCUT2D eigenvalue weighted by atomic mass is 10.2. The van der Waals surface area contributed by atoms with Crippen molar-refractivity contribution in [2.45, 2.75) is 44.9 Å². The Kier molecular flexibility index (Phi) is 3.63. The normalized spacial score (nSPS) is 28.5. The molecule has 0 saturated carbocycles. The molecule has 2 saturated heterocycles. The number of ether oxygens (including phenoxy) is 3. The molecule has 0 aromatic heterocycles. The monoisotopic (exact) mass is 291 g/mol. The number of carbonyl (C=O) groups excluding carboxylic acids is 1. The van der Waals surface area contributed by atoms with Crippen LogP contribution in [0.3, 0.4) is 0 Å². The number of hydrogen-bond acceptors (Lipinski definition) is 4. The molecule has 3 rings (SSSR count). The van der Waals surface area contributed by atoms with Gasteiger partial charge in [0, 0.05) is 5.56 Å². The maximum absolute atomic E-state index is 12.0. The molecule has 2 fully saturated rings. The van der Waals surface area contributed by atoms with Crippen molar-refractivity contribution in [2.75, 3.05) is 13.1 Å². The molecule has 2 aliphatic heterocycles. The molecule has 5 nitrogen and oxygen atoms in total. The molecule has 2 atom stereocenters. The Morgan fingerprint density at radius 1 is 1.14 bits per heavy atom. The van der Waals surface area contributed by atoms with Gasteiger partial charge in [-0.25, -0.2) is 4.79 Å². The largest absolute Gasteiger partial charge is 0.444 e. The molecule has 5 heteroatoms. The average molecular weight is 291 g/mol. The summed E-state index contributed by atoms with van der Waals surface area (Å²) in [5.74, 6) is 0. The lowest BCUT2D eigenvalue weighted by Gasteiger charge is -2.25. The van der Waals surface area contributed by atoms with E-state index in [2.05, 4.69) is 0 Å². The van der Waals surface area contributed by atoms with E-state index in [1.165, 1.54) is 0 Å². The van der Waals surface area contributed by atoms with Gasteiger partial charge in [-0.05, 0) is 20.8 Å². The lowest BCUT2D eigenvalue weighted by Crippen LogP contribution is -2.36. The molecule has 21 heavy (non-hydrogen) atoms. The minimum absolute atomic E-state index is 0.0808. The summed E-state index contributed by atoms with van der Waals surface area (Å²) in [6.45, 7) is 6.62. The van der Waals surface area contributed by atoms with Crippen LogP contribution in [0.4, 0.5) is 4.79 Å². The van der Waals surface area contributed by atoms with E-state index in [9.17, 15) is 4.79 Å². The molecule has 2 aliphatic rings. The van der Waals surface area contributed by atoms with Crippen LogP contribution in [-0.4, -0.2) is 41.9 Å². The van der Waals surface area contributed by atoms with Crippen LogP contribution < -0.4 is 0 Å². The summed E-state index contributed by atoms with van der Waals surface area (Å²) >= 11 is 0. The highest BCUT2D eigenvalue weighted by Gasteiger charge is 2.45. The van der Waals surface area contributed by atoms with Crippen molar-refractivity contribution in [1.82, 2.24) is 4.90 Å². The summed E-state index contributed by atoms with van der Waals surface area (Å²) in [5.41, 5.74) is 0.527. The Hall–Kier alpha value is -1.59. The van der Waals surface area contributed by atoms with Crippen molar-refractivity contribution in [3.8, 4) is 0 Å². The standard InChI is InChI=1S/C16H21NO4/c1-16(2,3)21-15(18)17-9-12-13(10-17)20-14(19-12)11-7-5-4-6-8-11/h4-8,12-14H,9-10H2,1-3H3. The number of fused-ring (bicyclic) bond motifs is 1. The Bertz CT molecular complexity index is 497. The van der Waals surface area contributed by atoms with Gasteiger partial charge in [0.2, 0.25) is 0 Å². The molecule has 2 heterocycles. The van der Waals surface area contributed by atoms with Crippen molar-refractivity contribution in [2.24, 2.45) is 0 Å². The van der Waals surface area contributed by atoms with E-state index < -0.39 is 5.60 Å². The van der Waals surface area contributed by atoms with Crippen molar-refractivity contribution in [3.63, 3.8) is 0 Å². The summed E-state index contributed by atoms with van der Waals surface area (Å²) in [6, 6.07) is 9.85. The third-order valence-electron chi connectivity index (χ3n) is 3.54. The predicted octanol–water partition coefficient (Wildman–Crippen LogP) is 2.72. The molecule has 0 N–H and O–H groups in total. The number of rotatable bonds is 1. The molecule has 114 valence electrons. The Morgan fingerprint density at radius 3 is 2.24 bits per heavy atom.